The third kappa shape index (κ3) is 2.58. The van der Waals surface area contributed by atoms with Gasteiger partial charge < -0.3 is 14.8 Å². The third-order valence-electron chi connectivity index (χ3n) is 0.882. The van der Waals surface area contributed by atoms with E-state index >= 15 is 0 Å². The Hall–Kier alpha value is -0.910. The van der Waals surface area contributed by atoms with Crippen LogP contribution < -0.4 is 5.48 Å². The van der Waals surface area contributed by atoms with Gasteiger partial charge in [0.2, 0.25) is 0 Å². The normalized spacial score (nSPS) is 8.90. The van der Waals surface area contributed by atoms with Gasteiger partial charge in [0.15, 0.2) is 5.76 Å². The highest BCUT2D eigenvalue weighted by Gasteiger charge is 1.92. The molecule has 5 nitrogen and oxygen atoms in total. The van der Waals surface area contributed by atoms with Gasteiger partial charge in [0.05, 0.1) is 19.9 Å². The van der Waals surface area contributed by atoms with Crippen LogP contribution in [0.4, 0.5) is 0 Å². The van der Waals surface area contributed by atoms with Gasteiger partial charge in [0.25, 0.3) is 0 Å². The highest BCUT2D eigenvalue weighted by Crippen LogP contribution is 1.93. The fourth-order valence-corrected chi connectivity index (χ4v) is 0.477. The molecule has 3 N–H and O–H groups in total. The summed E-state index contributed by atoms with van der Waals surface area (Å²) < 4.78 is 4.74. The third-order valence-corrected chi connectivity index (χ3v) is 0.882. The number of hydrogen-bond acceptors (Lipinski definition) is 4. The van der Waals surface area contributed by atoms with E-state index in [1.807, 2.05) is 0 Å². The van der Waals surface area contributed by atoms with Crippen molar-refractivity contribution in [2.45, 2.75) is 6.54 Å². The summed E-state index contributed by atoms with van der Waals surface area (Å²) in [7, 11) is 1.55. The van der Waals surface area contributed by atoms with Gasteiger partial charge in [-0.1, -0.05) is 5.16 Å². The van der Waals surface area contributed by atoms with E-state index in [-0.39, 0.29) is 6.90 Å². The van der Waals surface area contributed by atoms with E-state index in [2.05, 4.69) is 15.5 Å². The molecule has 0 spiro atoms. The second-order valence-electron chi connectivity index (χ2n) is 1.50. The van der Waals surface area contributed by atoms with Gasteiger partial charge in [0, 0.05) is 7.49 Å². The lowest BCUT2D eigenvalue weighted by molar-refractivity contribution is 0.0802. The summed E-state index contributed by atoms with van der Waals surface area (Å²) in [5.74, 6) is 0.761. The van der Waals surface area contributed by atoms with Gasteiger partial charge in [-0.2, -0.15) is 5.48 Å². The highest BCUT2D eigenvalue weighted by molar-refractivity contribution is 4.90. The van der Waals surface area contributed by atoms with Gasteiger partial charge in [-0.15, -0.1) is 0 Å². The molecule has 0 saturated carbocycles. The summed E-state index contributed by atoms with van der Waals surface area (Å²) in [6, 6.07) is 1.77. The molecular formula is C5H12N2O3. The van der Waals surface area contributed by atoms with E-state index < -0.39 is 0 Å². The predicted octanol–water partition coefficient (Wildman–Crippen LogP) is -0.253. The average molecular weight is 148 g/mol. The molecule has 1 aromatic heterocycles. The van der Waals surface area contributed by atoms with Crippen LogP contribution in [0.15, 0.2) is 16.8 Å². The fourth-order valence-electron chi connectivity index (χ4n) is 0.477. The van der Waals surface area contributed by atoms with Crippen molar-refractivity contribution >= 4 is 0 Å². The fraction of sp³-hybridized carbons (Fsp3) is 0.400. The van der Waals surface area contributed by atoms with E-state index in [0.717, 1.165) is 5.76 Å². The Bertz CT molecular complexity index is 157. The van der Waals surface area contributed by atoms with Crippen molar-refractivity contribution in [3.63, 3.8) is 0 Å². The maximum atomic E-state index is 4.74. The van der Waals surface area contributed by atoms with Crippen LogP contribution >= 0.6 is 0 Å². The first-order valence-corrected chi connectivity index (χ1v) is 2.59. The van der Waals surface area contributed by atoms with Gasteiger partial charge in [-0.25, -0.2) is 0 Å². The summed E-state index contributed by atoms with van der Waals surface area (Å²) in [6.07, 6.45) is 1.59. The molecule has 0 amide bonds. The lowest BCUT2D eigenvalue weighted by Crippen LogP contribution is -2.09. The minimum atomic E-state index is 0. The first kappa shape index (κ1) is 9.09. The number of rotatable bonds is 3. The van der Waals surface area contributed by atoms with Gasteiger partial charge in [-0.3, -0.25) is 0 Å². The van der Waals surface area contributed by atoms with Crippen LogP contribution in [0.3, 0.4) is 0 Å². The summed E-state index contributed by atoms with van der Waals surface area (Å²) in [6.45, 7) is 0.552. The van der Waals surface area contributed by atoms with Gasteiger partial charge >= 0.3 is 0 Å². The van der Waals surface area contributed by atoms with Crippen molar-refractivity contribution in [2.24, 2.45) is 0 Å². The quantitative estimate of drug-likeness (QED) is 0.599. The van der Waals surface area contributed by atoms with Crippen LogP contribution in [-0.2, 0) is 11.4 Å². The molecule has 0 radical (unpaired) electrons. The Labute approximate surface area is 59.7 Å². The molecule has 5 heteroatoms. The van der Waals surface area contributed by atoms with Gasteiger partial charge in [-0.05, 0) is 0 Å². The van der Waals surface area contributed by atoms with Crippen molar-refractivity contribution in [3.05, 3.63) is 18.0 Å². The van der Waals surface area contributed by atoms with Crippen molar-refractivity contribution in [1.29, 1.82) is 0 Å². The zero-order valence-electron chi connectivity index (χ0n) is 5.63. The zero-order valence-corrected chi connectivity index (χ0v) is 5.63. The molecule has 0 aliphatic heterocycles. The first-order chi connectivity index (χ1) is 4.43. The highest BCUT2D eigenvalue weighted by atomic mass is 16.6. The second-order valence-corrected chi connectivity index (χ2v) is 1.50. The lowest BCUT2D eigenvalue weighted by atomic mass is 10.5. The second kappa shape index (κ2) is 4.92. The topological polar surface area (TPSA) is 78.8 Å². The average Bonchev–Trinajstić information content (AvgIpc) is 2.34. The Balaban J connectivity index is 0. The van der Waals surface area contributed by atoms with Gasteiger partial charge in [0.1, 0.15) is 0 Å². The van der Waals surface area contributed by atoms with Crippen molar-refractivity contribution < 1.29 is 16.3 Å². The molecule has 1 rings (SSSR count). The Morgan fingerprint density at radius 2 is 2.70 bits per heavy atom. The van der Waals surface area contributed by atoms with Crippen LogP contribution in [0.5, 0.6) is 0 Å². The standard InChI is InChI=1S/C5H8N2O2.H2O.H2/c1-8-7-4-5-2-3-6-9-5;;/h2-3,7H,4H2,1H3;1H2;1H. The smallest absolute Gasteiger partial charge is 0.152 e. The Morgan fingerprint density at radius 1 is 1.90 bits per heavy atom. The molecule has 0 bridgehead atoms. The van der Waals surface area contributed by atoms with Crippen molar-refractivity contribution in [1.82, 2.24) is 10.6 Å². The first-order valence-electron chi connectivity index (χ1n) is 2.59. The zero-order chi connectivity index (χ0) is 6.53. The molecule has 0 atom stereocenters. The maximum Gasteiger partial charge on any atom is 0.152 e. The summed E-state index contributed by atoms with van der Waals surface area (Å²) in [5.41, 5.74) is 2.62. The SMILES string of the molecule is CONCc1ccno1.O.[HH]. The molecule has 0 aliphatic rings. The Kier molecular flexibility index (Phi) is 4.47. The molecule has 0 saturated heterocycles. The van der Waals surface area contributed by atoms with E-state index in [0.29, 0.717) is 6.54 Å². The van der Waals surface area contributed by atoms with Crippen molar-refractivity contribution in [3.8, 4) is 0 Å². The summed E-state index contributed by atoms with van der Waals surface area (Å²) >= 11 is 0. The van der Waals surface area contributed by atoms with Crippen LogP contribution in [-0.4, -0.2) is 17.7 Å². The van der Waals surface area contributed by atoms with E-state index in [4.69, 9.17) is 4.52 Å². The summed E-state index contributed by atoms with van der Waals surface area (Å²) in [4.78, 5) is 4.58. The van der Waals surface area contributed by atoms with E-state index in [9.17, 15) is 0 Å². The molecule has 0 fully saturated rings. The van der Waals surface area contributed by atoms with Crippen molar-refractivity contribution in [2.75, 3.05) is 7.11 Å². The predicted molar refractivity (Wildman–Crippen MR) is 36.1 cm³/mol. The van der Waals surface area contributed by atoms with Crippen LogP contribution in [0.1, 0.15) is 7.19 Å². The molecule has 1 aromatic rings. The Morgan fingerprint density at radius 3 is 3.20 bits per heavy atom. The molecule has 0 aliphatic carbocycles. The molecular weight excluding hydrogens is 136 g/mol. The monoisotopic (exact) mass is 148 g/mol. The molecule has 0 aromatic carbocycles. The molecule has 0 unspecified atom stereocenters. The van der Waals surface area contributed by atoms with E-state index in [1.165, 1.54) is 0 Å². The number of nitrogens with zero attached hydrogens (tertiary/aromatic N) is 1. The maximum absolute atomic E-state index is 4.74. The molecule has 60 valence electrons. The largest absolute Gasteiger partial charge is 0.412 e. The van der Waals surface area contributed by atoms with Crippen LogP contribution in [0, 0.1) is 0 Å². The van der Waals surface area contributed by atoms with Crippen LogP contribution in [0.25, 0.3) is 0 Å². The number of hydrogen-bond donors (Lipinski definition) is 1. The van der Waals surface area contributed by atoms with Crippen LogP contribution in [0.2, 0.25) is 0 Å². The minimum Gasteiger partial charge on any atom is -0.412 e. The van der Waals surface area contributed by atoms with E-state index in [1.54, 1.807) is 19.4 Å². The number of aromatic nitrogens is 1. The minimum absolute atomic E-state index is 0. The summed E-state index contributed by atoms with van der Waals surface area (Å²) in [5, 5.41) is 3.50. The lowest BCUT2D eigenvalue weighted by Gasteiger charge is -1.93. The molecule has 1 heterocycles. The molecule has 10 heavy (non-hydrogen) atoms. The number of hydroxylamine groups is 1. The number of nitrogens with one attached hydrogen (secondary N) is 1.